The third-order valence-corrected chi connectivity index (χ3v) is 5.85. The monoisotopic (exact) mass is 465 g/mol. The SMILES string of the molecule is O=C(CNC(=O)c1ccc2cc(Br)ccc2c1)N/N=C/c1csc2ccccc12. The molecule has 0 aliphatic rings. The molecule has 0 atom stereocenters. The highest BCUT2D eigenvalue weighted by atomic mass is 79.9. The van der Waals surface area contributed by atoms with Crippen molar-refractivity contribution in [3.05, 3.63) is 81.6 Å². The molecule has 1 heterocycles. The maximum Gasteiger partial charge on any atom is 0.259 e. The maximum atomic E-state index is 12.3. The molecule has 1 aromatic heterocycles. The molecule has 0 aliphatic heterocycles. The van der Waals surface area contributed by atoms with Crippen LogP contribution in [0.15, 0.2) is 75.6 Å². The first-order valence-electron chi connectivity index (χ1n) is 8.86. The van der Waals surface area contributed by atoms with Crippen molar-refractivity contribution in [1.29, 1.82) is 0 Å². The van der Waals surface area contributed by atoms with Crippen molar-refractivity contribution in [1.82, 2.24) is 10.7 Å². The van der Waals surface area contributed by atoms with Crippen LogP contribution in [0.2, 0.25) is 0 Å². The quantitative estimate of drug-likeness (QED) is 0.331. The van der Waals surface area contributed by atoms with E-state index in [1.54, 1.807) is 29.7 Å². The van der Waals surface area contributed by atoms with Gasteiger partial charge in [0.05, 0.1) is 12.8 Å². The van der Waals surface area contributed by atoms with Gasteiger partial charge in [0.2, 0.25) is 0 Å². The first-order chi connectivity index (χ1) is 14.1. The predicted octanol–water partition coefficient (Wildman–Crippen LogP) is 4.70. The molecular weight excluding hydrogens is 450 g/mol. The number of carbonyl (C=O) groups is 2. The lowest BCUT2D eigenvalue weighted by molar-refractivity contribution is -0.120. The zero-order valence-electron chi connectivity index (χ0n) is 15.2. The Morgan fingerprint density at radius 1 is 1.03 bits per heavy atom. The molecule has 29 heavy (non-hydrogen) atoms. The Balaban J connectivity index is 1.33. The molecule has 4 rings (SSSR count). The van der Waals surface area contributed by atoms with Crippen LogP contribution >= 0.6 is 27.3 Å². The van der Waals surface area contributed by atoms with Crippen molar-refractivity contribution in [2.45, 2.75) is 0 Å². The molecule has 0 saturated carbocycles. The van der Waals surface area contributed by atoms with Crippen LogP contribution < -0.4 is 10.7 Å². The number of nitrogens with one attached hydrogen (secondary N) is 2. The van der Waals surface area contributed by atoms with Crippen LogP contribution in [0.25, 0.3) is 20.9 Å². The number of hydrogen-bond donors (Lipinski definition) is 2. The summed E-state index contributed by atoms with van der Waals surface area (Å²) in [5.41, 5.74) is 3.89. The van der Waals surface area contributed by atoms with E-state index in [0.29, 0.717) is 5.56 Å². The molecule has 2 N–H and O–H groups in total. The van der Waals surface area contributed by atoms with E-state index in [4.69, 9.17) is 0 Å². The standard InChI is InChI=1S/C22H16BrN3O2S/c23-18-8-7-14-9-16(6-5-15(14)10-18)22(28)24-12-21(27)26-25-11-17-13-29-20-4-2-1-3-19(17)20/h1-11,13H,12H2,(H,24,28)(H,26,27)/b25-11+. The average Bonchev–Trinajstić information content (AvgIpc) is 3.15. The molecule has 0 aliphatic carbocycles. The lowest BCUT2D eigenvalue weighted by Crippen LogP contribution is -2.34. The Kier molecular flexibility index (Phi) is 5.69. The van der Waals surface area contributed by atoms with Crippen molar-refractivity contribution in [2.24, 2.45) is 5.10 Å². The minimum absolute atomic E-state index is 0.154. The topological polar surface area (TPSA) is 70.6 Å². The van der Waals surface area contributed by atoms with Gasteiger partial charge in [-0.25, -0.2) is 5.43 Å². The number of rotatable bonds is 5. The summed E-state index contributed by atoms with van der Waals surface area (Å²) in [6, 6.07) is 19.3. The van der Waals surface area contributed by atoms with Crippen molar-refractivity contribution < 1.29 is 9.59 Å². The highest BCUT2D eigenvalue weighted by Crippen LogP contribution is 2.24. The average molecular weight is 466 g/mol. The third kappa shape index (κ3) is 4.52. The van der Waals surface area contributed by atoms with E-state index >= 15 is 0 Å². The summed E-state index contributed by atoms with van der Waals surface area (Å²) in [5, 5.41) is 11.7. The molecule has 0 fully saturated rings. The Labute approximate surface area is 179 Å². The van der Waals surface area contributed by atoms with Gasteiger partial charge in [0.25, 0.3) is 11.8 Å². The number of nitrogens with zero attached hydrogens (tertiary/aromatic N) is 1. The molecular formula is C22H16BrN3O2S. The van der Waals surface area contributed by atoms with Gasteiger partial charge in [0, 0.05) is 31.1 Å². The Morgan fingerprint density at radius 2 is 1.83 bits per heavy atom. The number of hydrazone groups is 1. The van der Waals surface area contributed by atoms with Gasteiger partial charge < -0.3 is 5.32 Å². The van der Waals surface area contributed by atoms with E-state index in [0.717, 1.165) is 30.9 Å². The summed E-state index contributed by atoms with van der Waals surface area (Å²) in [4.78, 5) is 24.3. The van der Waals surface area contributed by atoms with Gasteiger partial charge in [0.1, 0.15) is 0 Å². The number of thiophene rings is 1. The highest BCUT2D eigenvalue weighted by molar-refractivity contribution is 9.10. The summed E-state index contributed by atoms with van der Waals surface area (Å²) in [5.74, 6) is -0.698. The van der Waals surface area contributed by atoms with Crippen LogP contribution in [-0.4, -0.2) is 24.6 Å². The van der Waals surface area contributed by atoms with Gasteiger partial charge in [0.15, 0.2) is 0 Å². The van der Waals surface area contributed by atoms with E-state index in [1.165, 1.54) is 0 Å². The fraction of sp³-hybridized carbons (Fsp3) is 0.0455. The molecule has 3 aromatic carbocycles. The molecule has 5 nitrogen and oxygen atoms in total. The molecule has 7 heteroatoms. The molecule has 0 radical (unpaired) electrons. The number of fused-ring (bicyclic) bond motifs is 2. The lowest BCUT2D eigenvalue weighted by Gasteiger charge is -2.06. The Bertz CT molecular complexity index is 1250. The van der Waals surface area contributed by atoms with Crippen LogP contribution in [0.1, 0.15) is 15.9 Å². The fourth-order valence-corrected chi connectivity index (χ4v) is 4.22. The Morgan fingerprint density at radius 3 is 2.72 bits per heavy atom. The second-order valence-corrected chi connectivity index (χ2v) is 8.20. The van der Waals surface area contributed by atoms with E-state index in [9.17, 15) is 9.59 Å². The van der Waals surface area contributed by atoms with Gasteiger partial charge in [-0.05, 0) is 41.1 Å². The van der Waals surface area contributed by atoms with Crippen molar-refractivity contribution in [2.75, 3.05) is 6.54 Å². The maximum absolute atomic E-state index is 12.3. The van der Waals surface area contributed by atoms with Gasteiger partial charge in [-0.15, -0.1) is 11.3 Å². The largest absolute Gasteiger partial charge is 0.343 e. The fourth-order valence-electron chi connectivity index (χ4n) is 2.93. The molecule has 144 valence electrons. The van der Waals surface area contributed by atoms with Crippen LogP contribution in [0, 0.1) is 0 Å². The lowest BCUT2D eigenvalue weighted by atomic mass is 10.1. The number of benzene rings is 3. The second kappa shape index (κ2) is 8.55. The van der Waals surface area contributed by atoms with E-state index in [2.05, 4.69) is 31.8 Å². The smallest absolute Gasteiger partial charge is 0.259 e. The van der Waals surface area contributed by atoms with Crippen LogP contribution in [0.3, 0.4) is 0 Å². The number of halogens is 1. The van der Waals surface area contributed by atoms with Crippen molar-refractivity contribution in [3.8, 4) is 0 Å². The van der Waals surface area contributed by atoms with E-state index < -0.39 is 0 Å². The Hall–Kier alpha value is -3.03. The zero-order chi connectivity index (χ0) is 20.2. The predicted molar refractivity (Wildman–Crippen MR) is 122 cm³/mol. The number of amides is 2. The highest BCUT2D eigenvalue weighted by Gasteiger charge is 2.09. The van der Waals surface area contributed by atoms with Crippen molar-refractivity contribution in [3.63, 3.8) is 0 Å². The van der Waals surface area contributed by atoms with E-state index in [1.807, 2.05) is 53.9 Å². The third-order valence-electron chi connectivity index (χ3n) is 4.38. The van der Waals surface area contributed by atoms with Gasteiger partial charge in [-0.1, -0.05) is 46.3 Å². The zero-order valence-corrected chi connectivity index (χ0v) is 17.6. The second-order valence-electron chi connectivity index (χ2n) is 6.37. The summed E-state index contributed by atoms with van der Waals surface area (Å²) in [6.07, 6.45) is 1.61. The summed E-state index contributed by atoms with van der Waals surface area (Å²) >= 11 is 5.05. The van der Waals surface area contributed by atoms with Gasteiger partial charge in [-0.3, -0.25) is 9.59 Å². The first kappa shape index (κ1) is 19.3. The molecule has 0 saturated heterocycles. The summed E-state index contributed by atoms with van der Waals surface area (Å²) in [6.45, 7) is -0.154. The molecule has 2 amide bonds. The van der Waals surface area contributed by atoms with Crippen LogP contribution in [0.5, 0.6) is 0 Å². The molecule has 4 aromatic rings. The molecule has 0 bridgehead atoms. The summed E-state index contributed by atoms with van der Waals surface area (Å²) in [7, 11) is 0. The number of carbonyl (C=O) groups excluding carboxylic acids is 2. The summed E-state index contributed by atoms with van der Waals surface area (Å²) < 4.78 is 2.14. The number of hydrogen-bond acceptors (Lipinski definition) is 4. The minimum Gasteiger partial charge on any atom is -0.343 e. The molecule has 0 spiro atoms. The first-order valence-corrected chi connectivity index (χ1v) is 10.5. The molecule has 0 unspecified atom stereocenters. The van der Waals surface area contributed by atoms with Crippen LogP contribution in [0.4, 0.5) is 0 Å². The van der Waals surface area contributed by atoms with Gasteiger partial charge >= 0.3 is 0 Å². The van der Waals surface area contributed by atoms with Crippen molar-refractivity contribution >= 4 is 66.2 Å². The normalized spacial score (nSPS) is 11.2. The van der Waals surface area contributed by atoms with Gasteiger partial charge in [-0.2, -0.15) is 5.10 Å². The van der Waals surface area contributed by atoms with Crippen LogP contribution in [-0.2, 0) is 4.79 Å². The van der Waals surface area contributed by atoms with E-state index in [-0.39, 0.29) is 18.4 Å². The minimum atomic E-state index is -0.390.